The Labute approximate surface area is 257 Å². The van der Waals surface area contributed by atoms with Gasteiger partial charge >= 0.3 is 0 Å². The highest BCUT2D eigenvalue weighted by atomic mass is 35.5. The first-order valence-corrected chi connectivity index (χ1v) is 16.1. The van der Waals surface area contributed by atoms with E-state index in [1.807, 2.05) is 6.92 Å². The van der Waals surface area contributed by atoms with Gasteiger partial charge in [0.25, 0.3) is 10.0 Å². The molecule has 1 aliphatic carbocycles. The van der Waals surface area contributed by atoms with Crippen molar-refractivity contribution in [3.05, 3.63) is 88.4 Å². The van der Waals surface area contributed by atoms with Crippen molar-refractivity contribution in [1.29, 1.82) is 0 Å². The number of benzene rings is 3. The van der Waals surface area contributed by atoms with E-state index < -0.39 is 28.5 Å². The minimum atomic E-state index is -4.16. The number of sulfonamides is 1. The normalized spacial score (nSPS) is 14.3. The zero-order chi connectivity index (χ0) is 30.3. The maximum Gasteiger partial charge on any atom is 0.264 e. The highest BCUT2D eigenvalue weighted by Gasteiger charge is 2.33. The van der Waals surface area contributed by atoms with Gasteiger partial charge in [0.2, 0.25) is 11.8 Å². The fourth-order valence-electron chi connectivity index (χ4n) is 4.93. The molecule has 0 radical (unpaired) electrons. The highest BCUT2D eigenvalue weighted by Crippen LogP contribution is 2.28. The SMILES string of the molecule is CCOc1ccc(N(CC(=O)N(Cc2ccc(Cl)cc2Cl)[C@H](C)C(=O)NC2CCCC2)S(=O)(=O)c2ccccc2)cc1. The summed E-state index contributed by atoms with van der Waals surface area (Å²) in [6, 6.07) is 18.5. The molecule has 1 atom stereocenters. The van der Waals surface area contributed by atoms with Crippen molar-refractivity contribution in [2.24, 2.45) is 0 Å². The predicted octanol–water partition coefficient (Wildman–Crippen LogP) is 6.06. The van der Waals surface area contributed by atoms with Crippen molar-refractivity contribution >= 4 is 50.7 Å². The second kappa shape index (κ2) is 14.3. The van der Waals surface area contributed by atoms with Gasteiger partial charge in [0.15, 0.2) is 0 Å². The lowest BCUT2D eigenvalue weighted by Gasteiger charge is -2.32. The second-order valence-electron chi connectivity index (χ2n) is 10.2. The highest BCUT2D eigenvalue weighted by molar-refractivity contribution is 7.92. The average molecular weight is 633 g/mol. The van der Waals surface area contributed by atoms with Crippen LogP contribution in [0.2, 0.25) is 10.0 Å². The Balaban J connectivity index is 1.69. The topological polar surface area (TPSA) is 96.0 Å². The van der Waals surface area contributed by atoms with E-state index in [0.29, 0.717) is 28.0 Å². The van der Waals surface area contributed by atoms with Crippen molar-refractivity contribution in [3.8, 4) is 5.75 Å². The molecule has 0 aliphatic heterocycles. The van der Waals surface area contributed by atoms with Gasteiger partial charge in [0.05, 0.1) is 17.2 Å². The third-order valence-corrected chi connectivity index (χ3v) is 9.65. The van der Waals surface area contributed by atoms with Gasteiger partial charge in [-0.15, -0.1) is 0 Å². The molecule has 1 fully saturated rings. The first kappa shape index (κ1) is 31.7. The molecule has 11 heteroatoms. The summed E-state index contributed by atoms with van der Waals surface area (Å²) in [5.41, 5.74) is 0.858. The van der Waals surface area contributed by atoms with Gasteiger partial charge < -0.3 is 15.0 Å². The van der Waals surface area contributed by atoms with E-state index in [0.717, 1.165) is 30.0 Å². The zero-order valence-electron chi connectivity index (χ0n) is 23.6. The number of hydrogen-bond acceptors (Lipinski definition) is 5. The van der Waals surface area contributed by atoms with Gasteiger partial charge in [-0.3, -0.25) is 13.9 Å². The third-order valence-electron chi connectivity index (χ3n) is 7.27. The monoisotopic (exact) mass is 631 g/mol. The van der Waals surface area contributed by atoms with Crippen LogP contribution in [0, 0.1) is 0 Å². The van der Waals surface area contributed by atoms with E-state index in [-0.39, 0.29) is 29.1 Å². The molecule has 1 aliphatic rings. The standard InChI is InChI=1S/C31H35Cl2N3O5S/c1-3-41-27-17-15-26(16-18-27)36(42(39,40)28-11-5-4-6-12-28)21-30(37)35(20-23-13-14-24(32)19-29(23)33)22(2)31(38)34-25-9-7-8-10-25/h4-6,11-19,22,25H,3,7-10,20-21H2,1-2H3,(H,34,38)/t22-/m1/s1. The van der Waals surface area contributed by atoms with Crippen molar-refractivity contribution in [2.45, 2.75) is 63.1 Å². The number of carbonyl (C=O) groups is 2. The molecule has 8 nitrogen and oxygen atoms in total. The molecular weight excluding hydrogens is 597 g/mol. The maximum absolute atomic E-state index is 14.1. The van der Waals surface area contributed by atoms with Gasteiger partial charge in [0, 0.05) is 22.6 Å². The van der Waals surface area contributed by atoms with Crippen LogP contribution < -0.4 is 14.4 Å². The Hall–Kier alpha value is -3.27. The molecule has 0 saturated heterocycles. The van der Waals surface area contributed by atoms with Gasteiger partial charge in [-0.25, -0.2) is 8.42 Å². The van der Waals surface area contributed by atoms with Crippen LogP contribution in [-0.2, 0) is 26.2 Å². The number of nitrogens with one attached hydrogen (secondary N) is 1. The molecule has 1 saturated carbocycles. The van der Waals surface area contributed by atoms with Crippen LogP contribution in [0.1, 0.15) is 45.1 Å². The first-order chi connectivity index (χ1) is 20.1. The van der Waals surface area contributed by atoms with E-state index in [1.54, 1.807) is 67.6 Å². The van der Waals surface area contributed by atoms with Crippen LogP contribution in [0.25, 0.3) is 0 Å². The molecule has 3 aromatic rings. The van der Waals surface area contributed by atoms with Gasteiger partial charge in [-0.1, -0.05) is 60.3 Å². The summed E-state index contributed by atoms with van der Waals surface area (Å²) in [6.45, 7) is 3.38. The number of ether oxygens (including phenoxy) is 1. The molecule has 4 rings (SSSR count). The Kier molecular flexibility index (Phi) is 10.8. The Morgan fingerprint density at radius 1 is 1.00 bits per heavy atom. The summed E-state index contributed by atoms with van der Waals surface area (Å²) in [7, 11) is -4.16. The molecule has 0 bridgehead atoms. The molecule has 1 N–H and O–H groups in total. The summed E-state index contributed by atoms with van der Waals surface area (Å²) >= 11 is 12.5. The predicted molar refractivity (Wildman–Crippen MR) is 165 cm³/mol. The number of anilines is 1. The maximum atomic E-state index is 14.1. The van der Waals surface area contributed by atoms with Crippen molar-refractivity contribution in [1.82, 2.24) is 10.2 Å². The molecular formula is C31H35Cl2N3O5S. The fraction of sp³-hybridized carbons (Fsp3) is 0.355. The van der Waals surface area contributed by atoms with Crippen LogP contribution in [0.3, 0.4) is 0 Å². The number of hydrogen-bond donors (Lipinski definition) is 1. The lowest BCUT2D eigenvalue weighted by molar-refractivity contribution is -0.139. The summed E-state index contributed by atoms with van der Waals surface area (Å²) < 4.78 is 34.4. The summed E-state index contributed by atoms with van der Waals surface area (Å²) in [4.78, 5) is 28.8. The van der Waals surface area contributed by atoms with Crippen molar-refractivity contribution in [2.75, 3.05) is 17.5 Å². The second-order valence-corrected chi connectivity index (χ2v) is 12.9. The van der Waals surface area contributed by atoms with E-state index in [4.69, 9.17) is 27.9 Å². The summed E-state index contributed by atoms with van der Waals surface area (Å²) in [6.07, 6.45) is 3.85. The molecule has 0 spiro atoms. The quantitative estimate of drug-likeness (QED) is 0.262. The Morgan fingerprint density at radius 3 is 2.29 bits per heavy atom. The average Bonchev–Trinajstić information content (AvgIpc) is 3.49. The van der Waals surface area contributed by atoms with Crippen LogP contribution in [-0.4, -0.2) is 50.4 Å². The minimum absolute atomic E-state index is 0.0173. The Morgan fingerprint density at radius 2 is 1.67 bits per heavy atom. The van der Waals surface area contributed by atoms with Gasteiger partial charge in [0.1, 0.15) is 18.3 Å². The number of rotatable bonds is 12. The Bertz CT molecular complexity index is 1480. The minimum Gasteiger partial charge on any atom is -0.494 e. The van der Waals surface area contributed by atoms with Crippen LogP contribution in [0.15, 0.2) is 77.7 Å². The summed E-state index contributed by atoms with van der Waals surface area (Å²) in [5.74, 6) is -0.303. The van der Waals surface area contributed by atoms with Crippen LogP contribution in [0.5, 0.6) is 5.75 Å². The van der Waals surface area contributed by atoms with Crippen molar-refractivity contribution < 1.29 is 22.7 Å². The van der Waals surface area contributed by atoms with E-state index >= 15 is 0 Å². The fourth-order valence-corrected chi connectivity index (χ4v) is 6.84. The summed E-state index contributed by atoms with van der Waals surface area (Å²) in [5, 5.41) is 3.82. The van der Waals surface area contributed by atoms with E-state index in [9.17, 15) is 18.0 Å². The number of halogens is 2. The lowest BCUT2D eigenvalue weighted by atomic mass is 10.1. The molecule has 2 amide bonds. The lowest BCUT2D eigenvalue weighted by Crippen LogP contribution is -2.52. The van der Waals surface area contributed by atoms with Crippen molar-refractivity contribution in [3.63, 3.8) is 0 Å². The molecule has 224 valence electrons. The molecule has 42 heavy (non-hydrogen) atoms. The number of amides is 2. The smallest absolute Gasteiger partial charge is 0.264 e. The number of nitrogens with zero attached hydrogens (tertiary/aromatic N) is 2. The first-order valence-electron chi connectivity index (χ1n) is 13.9. The number of carbonyl (C=O) groups excluding carboxylic acids is 2. The van der Waals surface area contributed by atoms with Crippen LogP contribution >= 0.6 is 23.2 Å². The molecule has 0 aromatic heterocycles. The largest absolute Gasteiger partial charge is 0.494 e. The van der Waals surface area contributed by atoms with E-state index in [2.05, 4.69) is 5.32 Å². The third kappa shape index (κ3) is 7.76. The molecule has 0 heterocycles. The van der Waals surface area contributed by atoms with Crippen LogP contribution in [0.4, 0.5) is 5.69 Å². The molecule has 0 unspecified atom stereocenters. The van der Waals surface area contributed by atoms with E-state index in [1.165, 1.54) is 17.0 Å². The zero-order valence-corrected chi connectivity index (χ0v) is 26.0. The van der Waals surface area contributed by atoms with Gasteiger partial charge in [-0.05, 0) is 80.8 Å². The van der Waals surface area contributed by atoms with Gasteiger partial charge in [-0.2, -0.15) is 0 Å². The molecule has 3 aromatic carbocycles.